The number of Topliss-reactive ketones (excluding diaryl/α,β-unsaturated/α-hetero) is 1. The van der Waals surface area contributed by atoms with Gasteiger partial charge in [-0.1, -0.05) is 59.6 Å². The molecule has 0 bridgehead atoms. The molecule has 0 aromatic rings. The highest BCUT2D eigenvalue weighted by Crippen LogP contribution is 2.68. The maximum atomic E-state index is 14.2. The summed E-state index contributed by atoms with van der Waals surface area (Å²) in [6, 6.07) is 2.08. The van der Waals surface area contributed by atoms with E-state index in [1.54, 1.807) is 12.2 Å². The van der Waals surface area contributed by atoms with Gasteiger partial charge in [0.25, 0.3) is 0 Å². The molecule has 0 aromatic carbocycles. The van der Waals surface area contributed by atoms with E-state index in [1.165, 1.54) is 0 Å². The molecule has 2 fully saturated rings. The molecule has 4 aliphatic carbocycles. The Balaban J connectivity index is 1.83. The molecule has 220 valence electrons. The topological polar surface area (TPSA) is 87.0 Å². The number of nitrogens with zero attached hydrogens (tertiary/aromatic N) is 1. The summed E-state index contributed by atoms with van der Waals surface area (Å²) in [4.78, 5) is 39.8. The molecule has 0 aliphatic heterocycles. The summed E-state index contributed by atoms with van der Waals surface area (Å²) in [7, 11) is 0. The minimum atomic E-state index is -4.60. The van der Waals surface area contributed by atoms with Crippen molar-refractivity contribution in [3.05, 3.63) is 23.3 Å². The molecule has 2 saturated carbocycles. The number of amides is 1. The quantitative estimate of drug-likeness (QED) is 0.393. The lowest BCUT2D eigenvalue weighted by molar-refractivity contribution is -0.166. The Labute approximate surface area is 236 Å². The molecule has 0 saturated heterocycles. The number of nitrogens with one attached hydrogen (secondary N) is 1. The number of nitriles is 1. The number of ketones is 2. The molecular formula is C32H43F3N2O3. The van der Waals surface area contributed by atoms with Crippen LogP contribution in [0.5, 0.6) is 0 Å². The summed E-state index contributed by atoms with van der Waals surface area (Å²) in [5.41, 5.74) is -0.826. The lowest BCUT2D eigenvalue weighted by Crippen LogP contribution is -2.68. The third-order valence-corrected chi connectivity index (χ3v) is 11.2. The molecule has 0 aromatic heterocycles. The molecule has 4 aliphatic rings. The standard InChI is InChI=1S/C32H43F3N2O3/c1-19-8-7-9-29(5)22(20(2)14-21(18-36)27(19)40)15-24(38)26-23-16-28(3,4)10-12-31(23,13-11-30(26,29)6)37-25(39)17-32(33,34)35/h14-15,19-20,23,26H,7-13,16-17H2,1-6H3,(H,37,39). The number of carbonyl (C=O) groups excluding carboxylic acids is 3. The Morgan fingerprint density at radius 3 is 2.35 bits per heavy atom. The second-order valence-corrected chi connectivity index (χ2v) is 14.3. The van der Waals surface area contributed by atoms with Crippen LogP contribution >= 0.6 is 0 Å². The zero-order valence-electron chi connectivity index (χ0n) is 24.6. The average Bonchev–Trinajstić information content (AvgIpc) is 2.83. The summed E-state index contributed by atoms with van der Waals surface area (Å²) in [5, 5.41) is 12.6. The summed E-state index contributed by atoms with van der Waals surface area (Å²) < 4.78 is 39.4. The summed E-state index contributed by atoms with van der Waals surface area (Å²) in [5.74, 6) is -2.54. The van der Waals surface area contributed by atoms with Gasteiger partial charge < -0.3 is 5.32 Å². The highest BCUT2D eigenvalue weighted by molar-refractivity contribution is 6.00. The fourth-order valence-electron chi connectivity index (χ4n) is 8.79. The van der Waals surface area contributed by atoms with Gasteiger partial charge in [0.05, 0.1) is 5.57 Å². The van der Waals surface area contributed by atoms with Crippen molar-refractivity contribution in [1.29, 1.82) is 5.26 Å². The van der Waals surface area contributed by atoms with Gasteiger partial charge >= 0.3 is 6.18 Å². The van der Waals surface area contributed by atoms with E-state index in [1.807, 2.05) is 13.8 Å². The zero-order valence-corrected chi connectivity index (χ0v) is 24.6. The first kappa shape index (κ1) is 30.5. The summed E-state index contributed by atoms with van der Waals surface area (Å²) >= 11 is 0. The second-order valence-electron chi connectivity index (χ2n) is 14.3. The molecule has 0 spiro atoms. The molecular weight excluding hydrogens is 517 g/mol. The average molecular weight is 561 g/mol. The van der Waals surface area contributed by atoms with E-state index in [2.05, 4.69) is 39.1 Å². The molecule has 7 unspecified atom stereocenters. The molecule has 7 atom stereocenters. The van der Waals surface area contributed by atoms with Gasteiger partial charge in [0.2, 0.25) is 5.91 Å². The van der Waals surface area contributed by atoms with E-state index in [-0.39, 0.29) is 40.3 Å². The van der Waals surface area contributed by atoms with E-state index in [9.17, 15) is 32.8 Å². The Bertz CT molecular complexity index is 1190. The van der Waals surface area contributed by atoms with Crippen molar-refractivity contribution in [3.8, 4) is 6.07 Å². The van der Waals surface area contributed by atoms with Gasteiger partial charge in [0.15, 0.2) is 11.6 Å². The van der Waals surface area contributed by atoms with Crippen LogP contribution in [0.1, 0.15) is 99.3 Å². The molecule has 1 N–H and O–H groups in total. The molecule has 4 rings (SSSR count). The number of allylic oxidation sites excluding steroid dienone is 4. The minimum Gasteiger partial charge on any atom is -0.350 e. The molecule has 1 amide bonds. The van der Waals surface area contributed by atoms with Gasteiger partial charge in [-0.2, -0.15) is 18.4 Å². The number of alkyl halides is 3. The van der Waals surface area contributed by atoms with Crippen molar-refractivity contribution in [2.45, 2.75) is 111 Å². The largest absolute Gasteiger partial charge is 0.397 e. The third-order valence-electron chi connectivity index (χ3n) is 11.2. The van der Waals surface area contributed by atoms with Crippen molar-refractivity contribution in [3.63, 3.8) is 0 Å². The first-order valence-corrected chi connectivity index (χ1v) is 14.7. The van der Waals surface area contributed by atoms with Crippen LogP contribution in [0.3, 0.4) is 0 Å². The SMILES string of the molecule is CC1C=C(C#N)C(=O)C(C)CCCC2(C)C1=CC(=O)C1C3CC(C)(C)CCC3(NC(=O)CC(F)(F)F)CCC12C. The monoisotopic (exact) mass is 560 g/mol. The fourth-order valence-corrected chi connectivity index (χ4v) is 8.79. The molecule has 8 heteroatoms. The van der Waals surface area contributed by atoms with Gasteiger partial charge in [-0.3, -0.25) is 14.4 Å². The maximum absolute atomic E-state index is 14.2. The normalized spacial score (nSPS) is 39.9. The highest BCUT2D eigenvalue weighted by atomic mass is 19.4. The summed E-state index contributed by atoms with van der Waals surface area (Å²) in [6.07, 6.45) is 2.52. The van der Waals surface area contributed by atoms with Crippen molar-refractivity contribution in [1.82, 2.24) is 5.32 Å². The van der Waals surface area contributed by atoms with E-state index in [4.69, 9.17) is 0 Å². The van der Waals surface area contributed by atoms with Crippen molar-refractivity contribution in [2.24, 2.45) is 39.9 Å². The number of hydrogen-bond donors (Lipinski definition) is 1. The maximum Gasteiger partial charge on any atom is 0.397 e. The van der Waals surface area contributed by atoms with Crippen LogP contribution in [-0.2, 0) is 14.4 Å². The van der Waals surface area contributed by atoms with Gasteiger partial charge in [-0.25, -0.2) is 0 Å². The second kappa shape index (κ2) is 10.1. The van der Waals surface area contributed by atoms with Crippen LogP contribution in [0.4, 0.5) is 13.2 Å². The number of fused-ring (bicyclic) bond motifs is 5. The first-order chi connectivity index (χ1) is 18.4. The third kappa shape index (κ3) is 5.18. The Hall–Kier alpha value is -2.43. The Kier molecular flexibility index (Phi) is 7.73. The number of halogens is 3. The van der Waals surface area contributed by atoms with Crippen LogP contribution < -0.4 is 5.32 Å². The molecule has 40 heavy (non-hydrogen) atoms. The predicted molar refractivity (Wildman–Crippen MR) is 146 cm³/mol. The van der Waals surface area contributed by atoms with Gasteiger partial charge in [-0.15, -0.1) is 0 Å². The van der Waals surface area contributed by atoms with E-state index in [0.717, 1.165) is 24.8 Å². The van der Waals surface area contributed by atoms with Crippen LogP contribution in [0.2, 0.25) is 0 Å². The Morgan fingerprint density at radius 2 is 1.73 bits per heavy atom. The van der Waals surface area contributed by atoms with E-state index >= 15 is 0 Å². The number of carbonyl (C=O) groups is 3. The summed E-state index contributed by atoms with van der Waals surface area (Å²) in [6.45, 7) is 12.4. The van der Waals surface area contributed by atoms with Crippen LogP contribution in [0.15, 0.2) is 23.3 Å². The van der Waals surface area contributed by atoms with Gasteiger partial charge in [0.1, 0.15) is 12.5 Å². The van der Waals surface area contributed by atoms with Crippen LogP contribution in [0, 0.1) is 51.2 Å². The Morgan fingerprint density at radius 1 is 1.07 bits per heavy atom. The van der Waals surface area contributed by atoms with Crippen molar-refractivity contribution in [2.75, 3.05) is 0 Å². The predicted octanol–water partition coefficient (Wildman–Crippen LogP) is 7.03. The van der Waals surface area contributed by atoms with Crippen LogP contribution in [-0.4, -0.2) is 29.2 Å². The molecule has 0 radical (unpaired) electrons. The van der Waals surface area contributed by atoms with Crippen LogP contribution in [0.25, 0.3) is 0 Å². The van der Waals surface area contributed by atoms with E-state index < -0.39 is 40.8 Å². The molecule has 0 heterocycles. The zero-order chi connectivity index (χ0) is 29.9. The number of rotatable bonds is 2. The van der Waals surface area contributed by atoms with E-state index in [0.29, 0.717) is 32.1 Å². The number of hydrogen-bond acceptors (Lipinski definition) is 4. The van der Waals surface area contributed by atoms with Gasteiger partial charge in [0, 0.05) is 17.4 Å². The lowest BCUT2D eigenvalue weighted by Gasteiger charge is -2.66. The minimum absolute atomic E-state index is 0.0534. The first-order valence-electron chi connectivity index (χ1n) is 14.7. The smallest absolute Gasteiger partial charge is 0.350 e. The highest BCUT2D eigenvalue weighted by Gasteiger charge is 2.66. The molecule has 5 nitrogen and oxygen atoms in total. The fraction of sp³-hybridized carbons (Fsp3) is 0.750. The van der Waals surface area contributed by atoms with Crippen molar-refractivity contribution >= 4 is 17.5 Å². The van der Waals surface area contributed by atoms with Gasteiger partial charge in [-0.05, 0) is 79.1 Å². The lowest BCUT2D eigenvalue weighted by atomic mass is 9.39. The van der Waals surface area contributed by atoms with Crippen molar-refractivity contribution < 1.29 is 27.6 Å².